The molecule has 0 spiro atoms. The first-order valence-corrected chi connectivity index (χ1v) is 5.76. The molecule has 0 aromatic heterocycles. The molecule has 0 N–H and O–H groups in total. The average Bonchev–Trinajstić information content (AvgIpc) is 2.35. The van der Waals surface area contributed by atoms with Gasteiger partial charge < -0.3 is 9.47 Å². The van der Waals surface area contributed by atoms with Crippen molar-refractivity contribution < 1.29 is 13.9 Å². The largest absolute Gasteiger partial charge is 0.494 e. The fourth-order valence-corrected chi connectivity index (χ4v) is 1.62. The molecule has 0 aliphatic carbocycles. The molecule has 0 unspecified atom stereocenters. The molecule has 2 rings (SSSR count). The van der Waals surface area contributed by atoms with Crippen molar-refractivity contribution in [3.63, 3.8) is 0 Å². The molecule has 88 valence electrons. The summed E-state index contributed by atoms with van der Waals surface area (Å²) in [6.45, 7) is 0. The van der Waals surface area contributed by atoms with Crippen molar-refractivity contribution in [3.8, 4) is 17.2 Å². The van der Waals surface area contributed by atoms with Gasteiger partial charge in [-0.2, -0.15) is 4.39 Å². The number of halogens is 2. The summed E-state index contributed by atoms with van der Waals surface area (Å²) in [5, 5.41) is 0. The highest BCUT2D eigenvalue weighted by Crippen LogP contribution is 2.30. The van der Waals surface area contributed by atoms with E-state index in [1.807, 2.05) is 12.1 Å². The van der Waals surface area contributed by atoms with Crippen molar-refractivity contribution >= 4 is 15.9 Å². The van der Waals surface area contributed by atoms with Crippen molar-refractivity contribution in [2.75, 3.05) is 7.11 Å². The minimum Gasteiger partial charge on any atom is -0.494 e. The lowest BCUT2D eigenvalue weighted by atomic mass is 10.3. The first-order valence-electron chi connectivity index (χ1n) is 4.96. The number of ether oxygens (including phenoxy) is 2. The fraction of sp³-hybridized carbons (Fsp3) is 0.0769. The van der Waals surface area contributed by atoms with E-state index in [9.17, 15) is 4.39 Å². The van der Waals surface area contributed by atoms with Gasteiger partial charge in [0, 0.05) is 4.47 Å². The SMILES string of the molecule is COc1cccc(Oc2ccc(Br)cc2)c1F. The van der Waals surface area contributed by atoms with Crippen LogP contribution in [0.15, 0.2) is 46.9 Å². The summed E-state index contributed by atoms with van der Waals surface area (Å²) >= 11 is 3.32. The molecule has 0 aliphatic rings. The zero-order valence-corrected chi connectivity index (χ0v) is 10.7. The fourth-order valence-electron chi connectivity index (χ4n) is 1.36. The molecule has 2 aromatic rings. The monoisotopic (exact) mass is 296 g/mol. The average molecular weight is 297 g/mol. The first kappa shape index (κ1) is 11.9. The molecule has 0 atom stereocenters. The van der Waals surface area contributed by atoms with Gasteiger partial charge in [-0.3, -0.25) is 0 Å². The Kier molecular flexibility index (Phi) is 3.64. The Bertz CT molecular complexity index is 511. The van der Waals surface area contributed by atoms with Crippen molar-refractivity contribution in [3.05, 3.63) is 52.8 Å². The van der Waals surface area contributed by atoms with Crippen LogP contribution in [-0.2, 0) is 0 Å². The van der Waals surface area contributed by atoms with Crippen LogP contribution in [0.5, 0.6) is 17.2 Å². The van der Waals surface area contributed by atoms with Gasteiger partial charge in [-0.1, -0.05) is 22.0 Å². The predicted molar refractivity (Wildman–Crippen MR) is 67.2 cm³/mol. The molecule has 2 aromatic carbocycles. The van der Waals surface area contributed by atoms with Crippen LogP contribution in [0.4, 0.5) is 4.39 Å². The van der Waals surface area contributed by atoms with Crippen LogP contribution < -0.4 is 9.47 Å². The molecule has 17 heavy (non-hydrogen) atoms. The van der Waals surface area contributed by atoms with E-state index in [1.165, 1.54) is 7.11 Å². The molecular weight excluding hydrogens is 287 g/mol. The predicted octanol–water partition coefficient (Wildman–Crippen LogP) is 4.39. The second kappa shape index (κ2) is 5.19. The van der Waals surface area contributed by atoms with Gasteiger partial charge in [0.15, 0.2) is 11.5 Å². The highest BCUT2D eigenvalue weighted by atomic mass is 79.9. The zero-order valence-electron chi connectivity index (χ0n) is 9.11. The van der Waals surface area contributed by atoms with E-state index >= 15 is 0 Å². The molecule has 2 nitrogen and oxygen atoms in total. The third-order valence-electron chi connectivity index (χ3n) is 2.19. The smallest absolute Gasteiger partial charge is 0.207 e. The lowest BCUT2D eigenvalue weighted by Gasteiger charge is -2.09. The summed E-state index contributed by atoms with van der Waals surface area (Å²) < 4.78 is 25.0. The quantitative estimate of drug-likeness (QED) is 0.836. The second-order valence-corrected chi connectivity index (χ2v) is 4.24. The van der Waals surface area contributed by atoms with Crippen molar-refractivity contribution in [2.45, 2.75) is 0 Å². The molecule has 0 saturated heterocycles. The number of rotatable bonds is 3. The van der Waals surface area contributed by atoms with Crippen LogP contribution in [-0.4, -0.2) is 7.11 Å². The molecule has 0 fully saturated rings. The topological polar surface area (TPSA) is 18.5 Å². The molecule has 0 radical (unpaired) electrons. The number of hydrogen-bond acceptors (Lipinski definition) is 2. The van der Waals surface area contributed by atoms with Crippen molar-refractivity contribution in [2.24, 2.45) is 0 Å². The van der Waals surface area contributed by atoms with Gasteiger partial charge in [0.05, 0.1) is 7.11 Å². The molecule has 0 saturated carbocycles. The molecule has 0 aliphatic heterocycles. The summed E-state index contributed by atoms with van der Waals surface area (Å²) in [6, 6.07) is 11.9. The Hall–Kier alpha value is -1.55. The third-order valence-corrected chi connectivity index (χ3v) is 2.72. The van der Waals surface area contributed by atoms with Gasteiger partial charge in [0.2, 0.25) is 5.82 Å². The van der Waals surface area contributed by atoms with E-state index in [2.05, 4.69) is 15.9 Å². The highest BCUT2D eigenvalue weighted by molar-refractivity contribution is 9.10. The summed E-state index contributed by atoms with van der Waals surface area (Å²) in [5.74, 6) is 0.379. The first-order chi connectivity index (χ1) is 8.20. The molecule has 4 heteroatoms. The van der Waals surface area contributed by atoms with Crippen LogP contribution >= 0.6 is 15.9 Å². The number of benzene rings is 2. The Labute approximate surface area is 107 Å². The van der Waals surface area contributed by atoms with Gasteiger partial charge in [-0.05, 0) is 36.4 Å². The van der Waals surface area contributed by atoms with Gasteiger partial charge in [0.1, 0.15) is 5.75 Å². The van der Waals surface area contributed by atoms with E-state index in [0.717, 1.165) is 4.47 Å². The molecule has 0 bridgehead atoms. The standard InChI is InChI=1S/C13H10BrFO2/c1-16-11-3-2-4-12(13(11)15)17-10-7-5-9(14)6-8-10/h2-8H,1H3. The van der Waals surface area contributed by atoms with E-state index in [0.29, 0.717) is 5.75 Å². The van der Waals surface area contributed by atoms with Crippen LogP contribution in [0.25, 0.3) is 0 Å². The number of hydrogen-bond donors (Lipinski definition) is 0. The lowest BCUT2D eigenvalue weighted by Crippen LogP contribution is -1.92. The minimum absolute atomic E-state index is 0.145. The summed E-state index contributed by atoms with van der Waals surface area (Å²) in [4.78, 5) is 0. The van der Waals surface area contributed by atoms with E-state index in [4.69, 9.17) is 9.47 Å². The van der Waals surface area contributed by atoms with E-state index in [1.54, 1.807) is 30.3 Å². The lowest BCUT2D eigenvalue weighted by molar-refractivity contribution is 0.368. The van der Waals surface area contributed by atoms with E-state index < -0.39 is 5.82 Å². The van der Waals surface area contributed by atoms with E-state index in [-0.39, 0.29) is 11.5 Å². The van der Waals surface area contributed by atoms with Crippen LogP contribution in [0.2, 0.25) is 0 Å². The molecule has 0 amide bonds. The Balaban J connectivity index is 2.27. The number of methoxy groups -OCH3 is 1. The van der Waals surface area contributed by atoms with Crippen molar-refractivity contribution in [1.29, 1.82) is 0 Å². The zero-order chi connectivity index (χ0) is 12.3. The van der Waals surface area contributed by atoms with Crippen LogP contribution in [0.1, 0.15) is 0 Å². The van der Waals surface area contributed by atoms with Crippen LogP contribution in [0.3, 0.4) is 0 Å². The van der Waals surface area contributed by atoms with Gasteiger partial charge in [0.25, 0.3) is 0 Å². The second-order valence-electron chi connectivity index (χ2n) is 3.33. The minimum atomic E-state index is -0.502. The Morgan fingerprint density at radius 2 is 1.65 bits per heavy atom. The highest BCUT2D eigenvalue weighted by Gasteiger charge is 2.09. The third kappa shape index (κ3) is 2.77. The maximum atomic E-state index is 13.8. The van der Waals surface area contributed by atoms with Crippen molar-refractivity contribution in [1.82, 2.24) is 0 Å². The summed E-state index contributed by atoms with van der Waals surface area (Å²) in [7, 11) is 1.42. The summed E-state index contributed by atoms with van der Waals surface area (Å²) in [6.07, 6.45) is 0. The molecule has 0 heterocycles. The van der Waals surface area contributed by atoms with Gasteiger partial charge in [-0.15, -0.1) is 0 Å². The van der Waals surface area contributed by atoms with Crippen LogP contribution in [0, 0.1) is 5.82 Å². The van der Waals surface area contributed by atoms with Gasteiger partial charge in [-0.25, -0.2) is 0 Å². The Morgan fingerprint density at radius 1 is 1.00 bits per heavy atom. The molecular formula is C13H10BrFO2. The van der Waals surface area contributed by atoms with Gasteiger partial charge >= 0.3 is 0 Å². The maximum Gasteiger partial charge on any atom is 0.207 e. The Morgan fingerprint density at radius 3 is 2.29 bits per heavy atom. The normalized spacial score (nSPS) is 10.1. The maximum absolute atomic E-state index is 13.8. The summed E-state index contributed by atoms with van der Waals surface area (Å²) in [5.41, 5.74) is 0.